The van der Waals surface area contributed by atoms with Gasteiger partial charge in [0, 0.05) is 6.04 Å². The van der Waals surface area contributed by atoms with Gasteiger partial charge in [0.2, 0.25) is 0 Å². The molecule has 2 unspecified atom stereocenters. The van der Waals surface area contributed by atoms with Crippen molar-refractivity contribution in [3.63, 3.8) is 0 Å². The summed E-state index contributed by atoms with van der Waals surface area (Å²) in [5.74, 6) is 0. The zero-order chi connectivity index (χ0) is 14.8. The maximum Gasteiger partial charge on any atom is 0.0845 e. The first kappa shape index (κ1) is 14.3. The van der Waals surface area contributed by atoms with Crippen LogP contribution in [0, 0.1) is 13.8 Å². The molecular formula is C19H23NO. The highest BCUT2D eigenvalue weighted by atomic mass is 16.5. The van der Waals surface area contributed by atoms with Crippen molar-refractivity contribution in [3.8, 4) is 0 Å². The number of rotatable bonds is 3. The van der Waals surface area contributed by atoms with E-state index >= 15 is 0 Å². The Labute approximate surface area is 126 Å². The average molecular weight is 281 g/mol. The van der Waals surface area contributed by atoms with Crippen molar-refractivity contribution in [1.29, 1.82) is 0 Å². The van der Waals surface area contributed by atoms with Crippen LogP contribution in [0.5, 0.6) is 0 Å². The van der Waals surface area contributed by atoms with E-state index in [4.69, 9.17) is 10.5 Å². The molecule has 2 atom stereocenters. The number of hydrogen-bond acceptors (Lipinski definition) is 2. The highest BCUT2D eigenvalue weighted by Crippen LogP contribution is 2.34. The van der Waals surface area contributed by atoms with Gasteiger partial charge in [-0.1, -0.05) is 42.5 Å². The van der Waals surface area contributed by atoms with E-state index in [1.54, 1.807) is 0 Å². The van der Waals surface area contributed by atoms with Crippen LogP contribution in [-0.4, -0.2) is 6.61 Å². The first-order valence-corrected chi connectivity index (χ1v) is 7.68. The fourth-order valence-electron chi connectivity index (χ4n) is 3.20. The predicted molar refractivity (Wildman–Crippen MR) is 86.3 cm³/mol. The van der Waals surface area contributed by atoms with Gasteiger partial charge in [-0.15, -0.1) is 0 Å². The molecule has 0 fully saturated rings. The van der Waals surface area contributed by atoms with Gasteiger partial charge < -0.3 is 10.5 Å². The predicted octanol–water partition coefficient (Wildman–Crippen LogP) is 4.01. The van der Waals surface area contributed by atoms with Crippen molar-refractivity contribution in [2.24, 2.45) is 5.73 Å². The summed E-state index contributed by atoms with van der Waals surface area (Å²) in [6, 6.07) is 15.0. The van der Waals surface area contributed by atoms with Gasteiger partial charge in [-0.3, -0.25) is 0 Å². The Kier molecular flexibility index (Phi) is 4.09. The molecule has 2 aromatic rings. The summed E-state index contributed by atoms with van der Waals surface area (Å²) < 4.78 is 5.99. The van der Waals surface area contributed by atoms with Crippen LogP contribution in [0.3, 0.4) is 0 Å². The zero-order valence-corrected chi connectivity index (χ0v) is 12.8. The van der Waals surface area contributed by atoms with Crippen molar-refractivity contribution in [2.45, 2.75) is 38.8 Å². The number of aryl methyl sites for hydroxylation is 1. The number of hydrogen-bond donors (Lipinski definition) is 1. The van der Waals surface area contributed by atoms with Gasteiger partial charge in [-0.05, 0) is 54.5 Å². The van der Waals surface area contributed by atoms with Crippen LogP contribution in [0.2, 0.25) is 0 Å². The van der Waals surface area contributed by atoms with E-state index in [9.17, 15) is 0 Å². The van der Waals surface area contributed by atoms with E-state index in [-0.39, 0.29) is 12.1 Å². The van der Waals surface area contributed by atoms with Crippen LogP contribution in [-0.2, 0) is 11.2 Å². The summed E-state index contributed by atoms with van der Waals surface area (Å²) in [4.78, 5) is 0. The number of fused-ring (bicyclic) bond motifs is 1. The van der Waals surface area contributed by atoms with Crippen molar-refractivity contribution in [3.05, 3.63) is 70.3 Å². The van der Waals surface area contributed by atoms with Crippen LogP contribution in [0.15, 0.2) is 42.5 Å². The molecule has 1 aliphatic heterocycles. The van der Waals surface area contributed by atoms with Gasteiger partial charge in [0.1, 0.15) is 0 Å². The normalized spacial score (nSPS) is 19.1. The molecule has 1 heterocycles. The summed E-state index contributed by atoms with van der Waals surface area (Å²) in [5, 5.41) is 0. The molecule has 0 amide bonds. The van der Waals surface area contributed by atoms with Crippen LogP contribution in [0.1, 0.15) is 46.4 Å². The minimum Gasteiger partial charge on any atom is -0.373 e. The van der Waals surface area contributed by atoms with Gasteiger partial charge in [0.15, 0.2) is 0 Å². The molecule has 2 nitrogen and oxygen atoms in total. The van der Waals surface area contributed by atoms with Crippen LogP contribution in [0.25, 0.3) is 0 Å². The standard InChI is InChI=1S/C19H23NO/c1-13-6-5-9-16(14(13)2)18(20)12-19-17-8-4-3-7-15(17)10-11-21-19/h3-9,18-19H,10-12,20H2,1-2H3. The first-order valence-electron chi connectivity index (χ1n) is 7.68. The molecule has 2 aromatic carbocycles. The van der Waals surface area contributed by atoms with E-state index in [1.807, 2.05) is 0 Å². The minimum absolute atomic E-state index is 0.0149. The maximum absolute atomic E-state index is 6.47. The Morgan fingerprint density at radius 2 is 1.95 bits per heavy atom. The van der Waals surface area contributed by atoms with Crippen LogP contribution in [0.4, 0.5) is 0 Å². The molecule has 21 heavy (non-hydrogen) atoms. The number of ether oxygens (including phenoxy) is 1. The summed E-state index contributed by atoms with van der Waals surface area (Å²) in [6.07, 6.45) is 1.96. The van der Waals surface area contributed by atoms with Crippen molar-refractivity contribution in [2.75, 3.05) is 6.61 Å². The lowest BCUT2D eigenvalue weighted by molar-refractivity contribution is 0.0319. The quantitative estimate of drug-likeness (QED) is 0.922. The molecule has 0 aromatic heterocycles. The fourth-order valence-corrected chi connectivity index (χ4v) is 3.20. The van der Waals surface area contributed by atoms with Crippen molar-refractivity contribution in [1.82, 2.24) is 0 Å². The Morgan fingerprint density at radius 1 is 1.14 bits per heavy atom. The third-order valence-corrected chi connectivity index (χ3v) is 4.61. The molecule has 0 saturated heterocycles. The Bertz CT molecular complexity index is 635. The monoisotopic (exact) mass is 281 g/mol. The Balaban J connectivity index is 1.83. The summed E-state index contributed by atoms with van der Waals surface area (Å²) in [6.45, 7) is 5.08. The Hall–Kier alpha value is -1.64. The molecule has 0 radical (unpaired) electrons. The van der Waals surface area contributed by atoms with Crippen LogP contribution >= 0.6 is 0 Å². The lowest BCUT2D eigenvalue weighted by Crippen LogP contribution is -2.22. The van der Waals surface area contributed by atoms with E-state index in [2.05, 4.69) is 56.3 Å². The Morgan fingerprint density at radius 3 is 2.81 bits per heavy atom. The van der Waals surface area contributed by atoms with Crippen molar-refractivity contribution >= 4 is 0 Å². The summed E-state index contributed by atoms with van der Waals surface area (Å²) in [5.41, 5.74) is 13.0. The highest BCUT2D eigenvalue weighted by Gasteiger charge is 2.23. The van der Waals surface area contributed by atoms with Gasteiger partial charge in [0.25, 0.3) is 0 Å². The molecule has 110 valence electrons. The molecule has 0 aliphatic carbocycles. The van der Waals surface area contributed by atoms with E-state index in [1.165, 1.54) is 27.8 Å². The topological polar surface area (TPSA) is 35.2 Å². The minimum atomic E-state index is 0.0149. The van der Waals surface area contributed by atoms with E-state index < -0.39 is 0 Å². The van der Waals surface area contributed by atoms with Gasteiger partial charge in [-0.2, -0.15) is 0 Å². The molecular weight excluding hydrogens is 258 g/mol. The SMILES string of the molecule is Cc1cccc(C(N)CC2OCCc3ccccc32)c1C. The molecule has 0 bridgehead atoms. The number of nitrogens with two attached hydrogens (primary N) is 1. The maximum atomic E-state index is 6.47. The van der Waals surface area contributed by atoms with Crippen LogP contribution < -0.4 is 5.73 Å². The molecule has 1 aliphatic rings. The van der Waals surface area contributed by atoms with Gasteiger partial charge in [-0.25, -0.2) is 0 Å². The second-order valence-electron chi connectivity index (χ2n) is 5.94. The summed E-state index contributed by atoms with van der Waals surface area (Å²) in [7, 11) is 0. The molecule has 2 N–H and O–H groups in total. The van der Waals surface area contributed by atoms with Gasteiger partial charge in [0.05, 0.1) is 12.7 Å². The lowest BCUT2D eigenvalue weighted by atomic mass is 9.89. The zero-order valence-electron chi connectivity index (χ0n) is 12.8. The average Bonchev–Trinajstić information content (AvgIpc) is 2.50. The molecule has 2 heteroatoms. The number of benzene rings is 2. The molecule has 0 spiro atoms. The van der Waals surface area contributed by atoms with E-state index in [0.29, 0.717) is 0 Å². The second kappa shape index (κ2) is 6.00. The van der Waals surface area contributed by atoms with E-state index in [0.717, 1.165) is 19.4 Å². The van der Waals surface area contributed by atoms with Crippen molar-refractivity contribution < 1.29 is 4.74 Å². The van der Waals surface area contributed by atoms with Gasteiger partial charge >= 0.3 is 0 Å². The third kappa shape index (κ3) is 2.87. The molecule has 0 saturated carbocycles. The largest absolute Gasteiger partial charge is 0.373 e. The third-order valence-electron chi connectivity index (χ3n) is 4.61. The second-order valence-corrected chi connectivity index (χ2v) is 5.94. The fraction of sp³-hybridized carbons (Fsp3) is 0.368. The highest BCUT2D eigenvalue weighted by molar-refractivity contribution is 5.36. The smallest absolute Gasteiger partial charge is 0.0845 e. The summed E-state index contributed by atoms with van der Waals surface area (Å²) >= 11 is 0. The molecule has 3 rings (SSSR count). The lowest BCUT2D eigenvalue weighted by Gasteiger charge is -2.28. The first-order chi connectivity index (χ1) is 10.2.